The molecule has 0 spiro atoms. The number of hydrogen-bond donors (Lipinski definition) is 0. The van der Waals surface area contributed by atoms with Crippen molar-refractivity contribution in [2.24, 2.45) is 0 Å². The van der Waals surface area contributed by atoms with Crippen molar-refractivity contribution in [2.75, 3.05) is 19.8 Å². The Morgan fingerprint density at radius 1 is 0.857 bits per heavy atom. The molecule has 0 radical (unpaired) electrons. The molecule has 0 saturated heterocycles. The Labute approximate surface area is 130 Å². The van der Waals surface area contributed by atoms with E-state index in [1.54, 1.807) is 0 Å². The summed E-state index contributed by atoms with van der Waals surface area (Å²) in [6.45, 7) is 5.50. The maximum absolute atomic E-state index is 6.09. The highest BCUT2D eigenvalue weighted by Crippen LogP contribution is 2.25. The van der Waals surface area contributed by atoms with Gasteiger partial charge >= 0.3 is 0 Å². The Bertz CT molecular complexity index is 567. The first-order chi connectivity index (χ1) is 10.2. The summed E-state index contributed by atoms with van der Waals surface area (Å²) in [4.78, 5) is 0. The second kappa shape index (κ2) is 7.79. The molecule has 0 aromatic heterocycles. The molecule has 0 heterocycles. The predicted molar refractivity (Wildman–Crippen MR) is 84.8 cm³/mol. The minimum Gasteiger partial charge on any atom is -0.494 e. The van der Waals surface area contributed by atoms with Gasteiger partial charge in [0, 0.05) is 0 Å². The van der Waals surface area contributed by atoms with E-state index in [9.17, 15) is 0 Å². The predicted octanol–water partition coefficient (Wildman–Crippen LogP) is 4.50. The summed E-state index contributed by atoms with van der Waals surface area (Å²) in [5.41, 5.74) is 1.11. The van der Waals surface area contributed by atoms with E-state index in [1.165, 1.54) is 0 Å². The fourth-order valence-electron chi connectivity index (χ4n) is 1.83. The first kappa shape index (κ1) is 15.5. The monoisotopic (exact) mass is 306 g/mol. The molecule has 0 aliphatic rings. The van der Waals surface area contributed by atoms with Gasteiger partial charge < -0.3 is 14.2 Å². The number of benzene rings is 2. The van der Waals surface area contributed by atoms with Gasteiger partial charge in [0.15, 0.2) is 0 Å². The van der Waals surface area contributed by atoms with Gasteiger partial charge in [-0.05, 0) is 55.8 Å². The number of halogens is 1. The fourth-order valence-corrected chi connectivity index (χ4v) is 2.12. The minimum absolute atomic E-state index is 0.440. The van der Waals surface area contributed by atoms with Crippen LogP contribution in [0.25, 0.3) is 0 Å². The Balaban J connectivity index is 1.76. The van der Waals surface area contributed by atoms with Crippen molar-refractivity contribution in [3.05, 3.63) is 53.1 Å². The van der Waals surface area contributed by atoms with E-state index in [0.717, 1.165) is 17.1 Å². The van der Waals surface area contributed by atoms with Crippen LogP contribution in [0.1, 0.15) is 12.5 Å². The lowest BCUT2D eigenvalue weighted by atomic mass is 10.2. The van der Waals surface area contributed by atoms with Crippen molar-refractivity contribution < 1.29 is 14.2 Å². The molecule has 0 atom stereocenters. The number of rotatable bonds is 7. The van der Waals surface area contributed by atoms with E-state index in [4.69, 9.17) is 25.8 Å². The molecule has 21 heavy (non-hydrogen) atoms. The van der Waals surface area contributed by atoms with Crippen molar-refractivity contribution in [3.8, 4) is 17.2 Å². The maximum atomic E-state index is 6.09. The van der Waals surface area contributed by atoms with Gasteiger partial charge in [0.05, 0.1) is 11.6 Å². The summed E-state index contributed by atoms with van der Waals surface area (Å²) in [7, 11) is 0. The smallest absolute Gasteiger partial charge is 0.138 e. The van der Waals surface area contributed by atoms with Crippen LogP contribution in [0, 0.1) is 6.92 Å². The number of aryl methyl sites for hydroxylation is 1. The molecule has 0 aliphatic heterocycles. The molecule has 0 amide bonds. The van der Waals surface area contributed by atoms with Gasteiger partial charge in [0.2, 0.25) is 0 Å². The van der Waals surface area contributed by atoms with Gasteiger partial charge in [0.25, 0.3) is 0 Å². The molecule has 0 saturated carbocycles. The molecule has 0 bridgehead atoms. The van der Waals surface area contributed by atoms with Crippen molar-refractivity contribution >= 4 is 11.6 Å². The molecule has 4 heteroatoms. The van der Waals surface area contributed by atoms with E-state index >= 15 is 0 Å². The number of ether oxygens (including phenoxy) is 3. The standard InChI is InChI=1S/C17H19ClO3/c1-3-19-14-5-7-15(8-6-14)20-10-11-21-17-9-4-13(2)12-16(17)18/h4-9,12H,3,10-11H2,1-2H3. The summed E-state index contributed by atoms with van der Waals surface area (Å²) >= 11 is 6.09. The average Bonchev–Trinajstić information content (AvgIpc) is 2.47. The highest BCUT2D eigenvalue weighted by atomic mass is 35.5. The highest BCUT2D eigenvalue weighted by molar-refractivity contribution is 6.32. The second-order valence-corrected chi connectivity index (χ2v) is 4.94. The van der Waals surface area contributed by atoms with Crippen LogP contribution in [0.2, 0.25) is 5.02 Å². The van der Waals surface area contributed by atoms with Crippen LogP contribution < -0.4 is 14.2 Å². The van der Waals surface area contributed by atoms with Gasteiger partial charge in [-0.25, -0.2) is 0 Å². The van der Waals surface area contributed by atoms with E-state index in [2.05, 4.69) is 0 Å². The largest absolute Gasteiger partial charge is 0.494 e. The first-order valence-corrected chi connectivity index (χ1v) is 7.31. The molecule has 0 unspecified atom stereocenters. The van der Waals surface area contributed by atoms with Crippen molar-refractivity contribution in [1.82, 2.24) is 0 Å². The molecule has 2 rings (SSSR count). The zero-order valence-electron chi connectivity index (χ0n) is 12.3. The minimum atomic E-state index is 0.440. The van der Waals surface area contributed by atoms with E-state index < -0.39 is 0 Å². The Morgan fingerprint density at radius 2 is 1.48 bits per heavy atom. The lowest BCUT2D eigenvalue weighted by Gasteiger charge is -2.10. The third kappa shape index (κ3) is 4.87. The molecular formula is C17H19ClO3. The van der Waals surface area contributed by atoms with Gasteiger partial charge in [-0.3, -0.25) is 0 Å². The quantitative estimate of drug-likeness (QED) is 0.705. The topological polar surface area (TPSA) is 27.7 Å². The van der Waals surface area contributed by atoms with E-state index in [1.807, 2.05) is 56.3 Å². The normalized spacial score (nSPS) is 10.2. The third-order valence-electron chi connectivity index (χ3n) is 2.83. The zero-order chi connectivity index (χ0) is 15.1. The molecule has 2 aromatic carbocycles. The zero-order valence-corrected chi connectivity index (χ0v) is 13.0. The molecule has 0 fully saturated rings. The molecule has 3 nitrogen and oxygen atoms in total. The fraction of sp³-hybridized carbons (Fsp3) is 0.294. The molecule has 0 aliphatic carbocycles. The lowest BCUT2D eigenvalue weighted by molar-refractivity contribution is 0.217. The van der Waals surface area contributed by atoms with Gasteiger partial charge in [0.1, 0.15) is 30.5 Å². The van der Waals surface area contributed by atoms with Gasteiger partial charge in [-0.2, -0.15) is 0 Å². The van der Waals surface area contributed by atoms with Crippen LogP contribution >= 0.6 is 11.6 Å². The Kier molecular flexibility index (Phi) is 5.76. The van der Waals surface area contributed by atoms with Crippen LogP contribution in [0.5, 0.6) is 17.2 Å². The lowest BCUT2D eigenvalue weighted by Crippen LogP contribution is -2.09. The van der Waals surface area contributed by atoms with Crippen LogP contribution in [-0.4, -0.2) is 19.8 Å². The van der Waals surface area contributed by atoms with Crippen molar-refractivity contribution in [1.29, 1.82) is 0 Å². The SMILES string of the molecule is CCOc1ccc(OCCOc2ccc(C)cc2Cl)cc1. The summed E-state index contributed by atoms with van der Waals surface area (Å²) in [6, 6.07) is 13.2. The van der Waals surface area contributed by atoms with Gasteiger partial charge in [-0.15, -0.1) is 0 Å². The first-order valence-electron chi connectivity index (χ1n) is 6.93. The van der Waals surface area contributed by atoms with Gasteiger partial charge in [-0.1, -0.05) is 17.7 Å². The Morgan fingerprint density at radius 3 is 2.10 bits per heavy atom. The molecular weight excluding hydrogens is 288 g/mol. The molecule has 2 aromatic rings. The third-order valence-corrected chi connectivity index (χ3v) is 3.13. The van der Waals surface area contributed by atoms with Crippen LogP contribution in [-0.2, 0) is 0 Å². The summed E-state index contributed by atoms with van der Waals surface area (Å²) < 4.78 is 16.6. The number of hydrogen-bond acceptors (Lipinski definition) is 3. The van der Waals surface area contributed by atoms with Crippen molar-refractivity contribution in [3.63, 3.8) is 0 Å². The molecule has 112 valence electrons. The van der Waals surface area contributed by atoms with Crippen LogP contribution in [0.15, 0.2) is 42.5 Å². The van der Waals surface area contributed by atoms with E-state index in [-0.39, 0.29) is 0 Å². The van der Waals surface area contributed by atoms with E-state index in [0.29, 0.717) is 30.6 Å². The summed E-state index contributed by atoms with van der Waals surface area (Å²) in [5.74, 6) is 2.31. The van der Waals surface area contributed by atoms with Crippen LogP contribution in [0.3, 0.4) is 0 Å². The molecule has 0 N–H and O–H groups in total. The van der Waals surface area contributed by atoms with Crippen LogP contribution in [0.4, 0.5) is 0 Å². The van der Waals surface area contributed by atoms with Crippen molar-refractivity contribution in [2.45, 2.75) is 13.8 Å². The summed E-state index contributed by atoms with van der Waals surface area (Å²) in [5, 5.41) is 0.621. The second-order valence-electron chi connectivity index (χ2n) is 4.54. The maximum Gasteiger partial charge on any atom is 0.138 e. The average molecular weight is 307 g/mol. The summed E-state index contributed by atoms with van der Waals surface area (Å²) in [6.07, 6.45) is 0. The Hall–Kier alpha value is -1.87. The highest BCUT2D eigenvalue weighted by Gasteiger charge is 2.02.